The lowest BCUT2D eigenvalue weighted by Gasteiger charge is -2.26. The SMILES string of the molecule is CNC(C(=O)O)C1c2ccccc2CCc2cc(OC)ccc21. The van der Waals surface area contributed by atoms with E-state index in [1.54, 1.807) is 14.2 Å². The summed E-state index contributed by atoms with van der Waals surface area (Å²) in [5.41, 5.74) is 4.54. The van der Waals surface area contributed by atoms with Crippen LogP contribution < -0.4 is 10.1 Å². The van der Waals surface area contributed by atoms with Gasteiger partial charge in [0.15, 0.2) is 0 Å². The molecule has 0 saturated heterocycles. The number of hydrogen-bond acceptors (Lipinski definition) is 3. The number of carbonyl (C=O) groups is 1. The molecule has 0 amide bonds. The molecule has 0 saturated carbocycles. The van der Waals surface area contributed by atoms with Crippen molar-refractivity contribution in [2.24, 2.45) is 0 Å². The van der Waals surface area contributed by atoms with E-state index in [4.69, 9.17) is 4.74 Å². The van der Waals surface area contributed by atoms with Crippen LogP contribution in [-0.4, -0.2) is 31.3 Å². The zero-order valence-electron chi connectivity index (χ0n) is 13.4. The third kappa shape index (κ3) is 2.82. The van der Waals surface area contributed by atoms with Crippen LogP contribution in [0.3, 0.4) is 0 Å². The number of aliphatic carboxylic acids is 1. The Morgan fingerprint density at radius 1 is 1.17 bits per heavy atom. The predicted octanol–water partition coefficient (Wildman–Crippen LogP) is 2.60. The van der Waals surface area contributed by atoms with E-state index in [0.717, 1.165) is 35.3 Å². The summed E-state index contributed by atoms with van der Waals surface area (Å²) in [5.74, 6) is -0.238. The summed E-state index contributed by atoms with van der Waals surface area (Å²) in [6.45, 7) is 0. The molecule has 2 atom stereocenters. The van der Waals surface area contributed by atoms with Gasteiger partial charge in [-0.15, -0.1) is 0 Å². The van der Waals surface area contributed by atoms with E-state index in [2.05, 4.69) is 11.4 Å². The van der Waals surface area contributed by atoms with Crippen molar-refractivity contribution in [3.8, 4) is 5.75 Å². The number of nitrogens with one attached hydrogen (secondary N) is 1. The van der Waals surface area contributed by atoms with Gasteiger partial charge in [0.05, 0.1) is 7.11 Å². The zero-order chi connectivity index (χ0) is 16.4. The molecule has 4 nitrogen and oxygen atoms in total. The standard InChI is InChI=1S/C19H21NO3/c1-20-18(19(21)22)17-15-6-4-3-5-12(15)7-8-13-11-14(23-2)9-10-16(13)17/h3-6,9-11,17-18,20H,7-8H2,1-2H3,(H,21,22). The first-order chi connectivity index (χ1) is 11.2. The summed E-state index contributed by atoms with van der Waals surface area (Å²) in [6.07, 6.45) is 1.79. The fourth-order valence-electron chi connectivity index (χ4n) is 3.52. The van der Waals surface area contributed by atoms with Crippen LogP contribution >= 0.6 is 0 Å². The molecule has 0 aromatic heterocycles. The lowest BCUT2D eigenvalue weighted by atomic mass is 9.82. The Bertz CT molecular complexity index is 726. The first kappa shape index (κ1) is 15.6. The van der Waals surface area contributed by atoms with Crippen LogP contribution in [-0.2, 0) is 17.6 Å². The van der Waals surface area contributed by atoms with Gasteiger partial charge in [0.25, 0.3) is 0 Å². The van der Waals surface area contributed by atoms with Gasteiger partial charge in [-0.1, -0.05) is 30.3 Å². The second-order valence-electron chi connectivity index (χ2n) is 5.85. The number of fused-ring (bicyclic) bond motifs is 2. The average Bonchev–Trinajstić information content (AvgIpc) is 2.72. The molecule has 3 rings (SSSR count). The van der Waals surface area contributed by atoms with Crippen LogP contribution in [0.1, 0.15) is 28.2 Å². The maximum absolute atomic E-state index is 11.8. The Labute approximate surface area is 136 Å². The molecule has 4 heteroatoms. The van der Waals surface area contributed by atoms with Gasteiger partial charge in [0.1, 0.15) is 11.8 Å². The maximum atomic E-state index is 11.8. The Morgan fingerprint density at radius 2 is 1.87 bits per heavy atom. The van der Waals surface area contributed by atoms with E-state index in [9.17, 15) is 9.90 Å². The summed E-state index contributed by atoms with van der Waals surface area (Å²) in [5, 5.41) is 12.7. The number of methoxy groups -OCH3 is 1. The Hall–Kier alpha value is -2.33. The molecule has 2 unspecified atom stereocenters. The molecule has 23 heavy (non-hydrogen) atoms. The van der Waals surface area contributed by atoms with Crippen molar-refractivity contribution in [3.63, 3.8) is 0 Å². The average molecular weight is 311 g/mol. The van der Waals surface area contributed by atoms with Crippen molar-refractivity contribution in [1.29, 1.82) is 0 Å². The molecule has 1 aliphatic carbocycles. The molecule has 2 N–H and O–H groups in total. The van der Waals surface area contributed by atoms with Crippen molar-refractivity contribution >= 4 is 5.97 Å². The van der Waals surface area contributed by atoms with Crippen LogP contribution in [0.2, 0.25) is 0 Å². The third-order valence-electron chi connectivity index (χ3n) is 4.65. The predicted molar refractivity (Wildman–Crippen MR) is 89.2 cm³/mol. The summed E-state index contributed by atoms with van der Waals surface area (Å²) in [6, 6.07) is 13.4. The van der Waals surface area contributed by atoms with Crippen LogP contribution in [0.25, 0.3) is 0 Å². The maximum Gasteiger partial charge on any atom is 0.321 e. The highest BCUT2D eigenvalue weighted by molar-refractivity contribution is 5.76. The smallest absolute Gasteiger partial charge is 0.321 e. The summed E-state index contributed by atoms with van der Waals surface area (Å²) in [4.78, 5) is 11.8. The molecule has 0 heterocycles. The van der Waals surface area contributed by atoms with Crippen LogP contribution in [0.4, 0.5) is 0 Å². The number of likely N-dealkylation sites (N-methyl/N-ethyl adjacent to an activating group) is 1. The van der Waals surface area contributed by atoms with Crippen LogP contribution in [0.5, 0.6) is 5.75 Å². The highest BCUT2D eigenvalue weighted by atomic mass is 16.5. The number of ether oxygens (including phenoxy) is 1. The molecule has 1 aliphatic rings. The highest BCUT2D eigenvalue weighted by Crippen LogP contribution is 2.37. The molecule has 0 spiro atoms. The van der Waals surface area contributed by atoms with Gasteiger partial charge in [0, 0.05) is 5.92 Å². The first-order valence-corrected chi connectivity index (χ1v) is 7.80. The molecule has 0 aliphatic heterocycles. The highest BCUT2D eigenvalue weighted by Gasteiger charge is 2.33. The lowest BCUT2D eigenvalue weighted by molar-refractivity contribution is -0.139. The van der Waals surface area contributed by atoms with E-state index < -0.39 is 12.0 Å². The van der Waals surface area contributed by atoms with Gasteiger partial charge in [-0.2, -0.15) is 0 Å². The van der Waals surface area contributed by atoms with Crippen molar-refractivity contribution in [2.75, 3.05) is 14.2 Å². The van der Waals surface area contributed by atoms with Gasteiger partial charge >= 0.3 is 5.97 Å². The van der Waals surface area contributed by atoms with Crippen molar-refractivity contribution in [2.45, 2.75) is 24.8 Å². The second-order valence-corrected chi connectivity index (χ2v) is 5.85. The number of hydrogen-bond donors (Lipinski definition) is 2. The van der Waals surface area contributed by atoms with Crippen molar-refractivity contribution in [3.05, 3.63) is 64.7 Å². The van der Waals surface area contributed by atoms with Gasteiger partial charge in [-0.25, -0.2) is 0 Å². The molecule has 0 fully saturated rings. The zero-order valence-corrected chi connectivity index (χ0v) is 13.4. The summed E-state index contributed by atoms with van der Waals surface area (Å²) >= 11 is 0. The molecule has 0 bridgehead atoms. The molecular formula is C19H21NO3. The van der Waals surface area contributed by atoms with Gasteiger partial charge < -0.3 is 15.2 Å². The molecular weight excluding hydrogens is 290 g/mol. The molecule has 2 aromatic carbocycles. The summed E-state index contributed by atoms with van der Waals surface area (Å²) < 4.78 is 5.34. The van der Waals surface area contributed by atoms with Gasteiger partial charge in [0.2, 0.25) is 0 Å². The van der Waals surface area contributed by atoms with E-state index in [1.165, 1.54) is 5.56 Å². The van der Waals surface area contributed by atoms with Crippen molar-refractivity contribution in [1.82, 2.24) is 5.32 Å². The lowest BCUT2D eigenvalue weighted by Crippen LogP contribution is -2.40. The summed E-state index contributed by atoms with van der Waals surface area (Å²) in [7, 11) is 3.35. The minimum atomic E-state index is -0.837. The van der Waals surface area contributed by atoms with Crippen LogP contribution in [0, 0.1) is 0 Å². The quantitative estimate of drug-likeness (QED) is 0.911. The largest absolute Gasteiger partial charge is 0.497 e. The fourth-order valence-corrected chi connectivity index (χ4v) is 3.52. The monoisotopic (exact) mass is 311 g/mol. The minimum absolute atomic E-state index is 0.211. The second kappa shape index (κ2) is 6.42. The number of aryl methyl sites for hydroxylation is 2. The number of rotatable bonds is 4. The van der Waals surface area contributed by atoms with Gasteiger partial charge in [-0.3, -0.25) is 4.79 Å². The minimum Gasteiger partial charge on any atom is -0.497 e. The Balaban J connectivity index is 2.20. The topological polar surface area (TPSA) is 58.6 Å². The van der Waals surface area contributed by atoms with Gasteiger partial charge in [-0.05, 0) is 54.3 Å². The molecule has 2 aromatic rings. The van der Waals surface area contributed by atoms with E-state index in [-0.39, 0.29) is 5.92 Å². The Kier molecular flexibility index (Phi) is 4.35. The van der Waals surface area contributed by atoms with E-state index >= 15 is 0 Å². The number of benzene rings is 2. The fraction of sp³-hybridized carbons (Fsp3) is 0.316. The molecule has 120 valence electrons. The van der Waals surface area contributed by atoms with Crippen LogP contribution in [0.15, 0.2) is 42.5 Å². The number of carboxylic acids is 1. The normalized spacial score (nSPS) is 17.6. The van der Waals surface area contributed by atoms with E-state index in [1.807, 2.05) is 36.4 Å². The number of carboxylic acid groups (broad SMARTS) is 1. The third-order valence-corrected chi connectivity index (χ3v) is 4.65. The molecule has 0 radical (unpaired) electrons. The van der Waals surface area contributed by atoms with Crippen molar-refractivity contribution < 1.29 is 14.6 Å². The Morgan fingerprint density at radius 3 is 2.57 bits per heavy atom. The van der Waals surface area contributed by atoms with E-state index in [0.29, 0.717) is 0 Å². The first-order valence-electron chi connectivity index (χ1n) is 7.80.